The van der Waals surface area contributed by atoms with Crippen molar-refractivity contribution in [1.29, 1.82) is 0 Å². The average Bonchev–Trinajstić information content (AvgIpc) is 3.17. The van der Waals surface area contributed by atoms with Gasteiger partial charge in [0.05, 0.1) is 6.54 Å². The molecule has 2 aliphatic heterocycles. The first kappa shape index (κ1) is 23.1. The number of hydrogen-bond acceptors (Lipinski definition) is 4. The number of hydrogen-bond donors (Lipinski definition) is 2. The lowest BCUT2D eigenvalue weighted by atomic mass is 10.1. The molecule has 0 radical (unpaired) electrons. The van der Waals surface area contributed by atoms with E-state index in [1.807, 2.05) is 18.2 Å². The number of unbranched alkanes of at least 4 members (excludes halogenated alkanes) is 2. The summed E-state index contributed by atoms with van der Waals surface area (Å²) in [6.45, 7) is 8.72. The molecule has 28 heavy (non-hydrogen) atoms. The summed E-state index contributed by atoms with van der Waals surface area (Å²) in [4.78, 5) is 7.31. The Kier molecular flexibility index (Phi) is 10.8. The molecule has 0 aromatic heterocycles. The van der Waals surface area contributed by atoms with Gasteiger partial charge in [-0.25, -0.2) is 4.99 Å². The quantitative estimate of drug-likeness (QED) is 0.233. The Hall–Kier alpha value is -1.22. The predicted octanol–water partition coefficient (Wildman–Crippen LogP) is 3.74. The van der Waals surface area contributed by atoms with Crippen LogP contribution in [-0.4, -0.2) is 50.4 Å². The molecule has 0 aliphatic carbocycles. The van der Waals surface area contributed by atoms with Crippen LogP contribution in [0.5, 0.6) is 11.5 Å². The first-order chi connectivity index (χ1) is 13.3. The molecule has 1 saturated heterocycles. The van der Waals surface area contributed by atoms with Gasteiger partial charge in [-0.3, -0.25) is 0 Å². The van der Waals surface area contributed by atoms with E-state index in [4.69, 9.17) is 14.5 Å². The summed E-state index contributed by atoms with van der Waals surface area (Å²) in [6.07, 6.45) is 7.93. The second kappa shape index (κ2) is 13.1. The van der Waals surface area contributed by atoms with Gasteiger partial charge in [0, 0.05) is 13.1 Å². The van der Waals surface area contributed by atoms with E-state index >= 15 is 0 Å². The molecule has 3 rings (SSSR count). The van der Waals surface area contributed by atoms with Gasteiger partial charge in [0.1, 0.15) is 0 Å². The highest BCUT2D eigenvalue weighted by Gasteiger charge is 2.13. The van der Waals surface area contributed by atoms with E-state index in [2.05, 4.69) is 22.5 Å². The number of piperidine rings is 1. The monoisotopic (exact) mass is 502 g/mol. The van der Waals surface area contributed by atoms with Crippen LogP contribution in [-0.2, 0) is 6.54 Å². The molecular weight excluding hydrogens is 467 g/mol. The smallest absolute Gasteiger partial charge is 0.231 e. The van der Waals surface area contributed by atoms with Crippen molar-refractivity contribution >= 4 is 29.9 Å². The molecule has 0 saturated carbocycles. The fourth-order valence-corrected chi connectivity index (χ4v) is 3.58. The number of nitrogens with zero attached hydrogens (tertiary/aromatic N) is 2. The van der Waals surface area contributed by atoms with Crippen molar-refractivity contribution in [3.05, 3.63) is 23.8 Å². The fourth-order valence-electron chi connectivity index (χ4n) is 3.58. The number of nitrogens with one attached hydrogen (secondary N) is 2. The molecule has 0 unspecified atom stereocenters. The second-order valence-electron chi connectivity index (χ2n) is 7.27. The van der Waals surface area contributed by atoms with Crippen molar-refractivity contribution < 1.29 is 9.47 Å². The summed E-state index contributed by atoms with van der Waals surface area (Å²) >= 11 is 0. The van der Waals surface area contributed by atoms with Crippen LogP contribution in [0.2, 0.25) is 0 Å². The summed E-state index contributed by atoms with van der Waals surface area (Å²) in [6, 6.07) is 6.01. The zero-order valence-corrected chi connectivity index (χ0v) is 19.4. The van der Waals surface area contributed by atoms with E-state index in [0.717, 1.165) is 36.1 Å². The maximum atomic E-state index is 5.43. The number of ether oxygens (including phenoxy) is 2. The lowest BCUT2D eigenvalue weighted by Gasteiger charge is -2.26. The fraction of sp³-hybridized carbons (Fsp3) is 0.667. The summed E-state index contributed by atoms with van der Waals surface area (Å²) in [5.74, 6) is 2.51. The van der Waals surface area contributed by atoms with E-state index in [-0.39, 0.29) is 24.0 Å². The third-order valence-corrected chi connectivity index (χ3v) is 5.09. The SMILES string of the molecule is CCNC(=NCc1ccc2c(c1)OCO2)NCCCCCN1CCCCC1.I. The van der Waals surface area contributed by atoms with E-state index in [1.54, 1.807) is 0 Å². The third kappa shape index (κ3) is 7.66. The van der Waals surface area contributed by atoms with Crippen LogP contribution < -0.4 is 20.1 Å². The second-order valence-corrected chi connectivity index (χ2v) is 7.27. The Morgan fingerprint density at radius 2 is 1.86 bits per heavy atom. The first-order valence-electron chi connectivity index (χ1n) is 10.5. The van der Waals surface area contributed by atoms with Crippen molar-refractivity contribution in [2.24, 2.45) is 4.99 Å². The normalized spacial score (nSPS) is 16.5. The number of guanidine groups is 1. The molecule has 1 fully saturated rings. The molecule has 0 spiro atoms. The van der Waals surface area contributed by atoms with Crippen LogP contribution in [0.1, 0.15) is 51.0 Å². The van der Waals surface area contributed by atoms with E-state index in [0.29, 0.717) is 13.3 Å². The molecule has 7 heteroatoms. The Balaban J connectivity index is 0.00000280. The van der Waals surface area contributed by atoms with Gasteiger partial charge in [0.25, 0.3) is 0 Å². The van der Waals surface area contributed by atoms with Crippen LogP contribution in [0, 0.1) is 0 Å². The molecular formula is C21H35IN4O2. The van der Waals surface area contributed by atoms with Crippen LogP contribution >= 0.6 is 24.0 Å². The van der Waals surface area contributed by atoms with Crippen LogP contribution in [0.15, 0.2) is 23.2 Å². The largest absolute Gasteiger partial charge is 0.454 e. The van der Waals surface area contributed by atoms with Crippen LogP contribution in [0.3, 0.4) is 0 Å². The molecule has 0 amide bonds. The number of rotatable bonds is 9. The van der Waals surface area contributed by atoms with Gasteiger partial charge in [0.15, 0.2) is 17.5 Å². The molecule has 2 aliphatic rings. The van der Waals surface area contributed by atoms with Gasteiger partial charge >= 0.3 is 0 Å². The summed E-state index contributed by atoms with van der Waals surface area (Å²) in [7, 11) is 0. The minimum atomic E-state index is 0. The molecule has 0 atom stereocenters. The molecule has 1 aromatic rings. The summed E-state index contributed by atoms with van der Waals surface area (Å²) < 4.78 is 10.8. The number of fused-ring (bicyclic) bond motifs is 1. The molecule has 158 valence electrons. The summed E-state index contributed by atoms with van der Waals surface area (Å²) in [5.41, 5.74) is 1.12. The lowest BCUT2D eigenvalue weighted by Crippen LogP contribution is -2.37. The Morgan fingerprint density at radius 1 is 1.04 bits per heavy atom. The maximum Gasteiger partial charge on any atom is 0.231 e. The zero-order chi connectivity index (χ0) is 18.7. The van der Waals surface area contributed by atoms with Crippen molar-refractivity contribution in [3.63, 3.8) is 0 Å². The van der Waals surface area contributed by atoms with Crippen molar-refractivity contribution in [2.75, 3.05) is 39.5 Å². The molecule has 0 bridgehead atoms. The minimum absolute atomic E-state index is 0. The molecule has 2 N–H and O–H groups in total. The van der Waals surface area contributed by atoms with Crippen molar-refractivity contribution in [2.45, 2.75) is 52.0 Å². The Bertz CT molecular complexity index is 606. The number of halogens is 1. The van der Waals surface area contributed by atoms with Gasteiger partial charge in [-0.2, -0.15) is 0 Å². The highest BCUT2D eigenvalue weighted by Crippen LogP contribution is 2.32. The number of aliphatic imine (C=N–C) groups is 1. The highest BCUT2D eigenvalue weighted by molar-refractivity contribution is 14.0. The molecule has 1 aromatic carbocycles. The lowest BCUT2D eigenvalue weighted by molar-refractivity contribution is 0.174. The van der Waals surface area contributed by atoms with Gasteiger partial charge < -0.3 is 25.0 Å². The van der Waals surface area contributed by atoms with Gasteiger partial charge in [-0.1, -0.05) is 18.9 Å². The zero-order valence-electron chi connectivity index (χ0n) is 17.0. The van der Waals surface area contributed by atoms with Crippen molar-refractivity contribution in [1.82, 2.24) is 15.5 Å². The summed E-state index contributed by atoms with van der Waals surface area (Å²) in [5, 5.41) is 6.77. The van der Waals surface area contributed by atoms with E-state index in [9.17, 15) is 0 Å². The molecule has 2 heterocycles. The van der Waals surface area contributed by atoms with E-state index in [1.165, 1.54) is 58.2 Å². The Labute approximate surface area is 186 Å². The van der Waals surface area contributed by atoms with Crippen LogP contribution in [0.4, 0.5) is 0 Å². The minimum Gasteiger partial charge on any atom is -0.454 e. The van der Waals surface area contributed by atoms with Gasteiger partial charge in [-0.15, -0.1) is 24.0 Å². The number of likely N-dealkylation sites (tertiary alicyclic amines) is 1. The predicted molar refractivity (Wildman–Crippen MR) is 125 cm³/mol. The van der Waals surface area contributed by atoms with Gasteiger partial charge in [-0.05, 0) is 69.9 Å². The highest BCUT2D eigenvalue weighted by atomic mass is 127. The first-order valence-corrected chi connectivity index (χ1v) is 10.5. The number of benzene rings is 1. The topological polar surface area (TPSA) is 58.1 Å². The Morgan fingerprint density at radius 3 is 2.68 bits per heavy atom. The third-order valence-electron chi connectivity index (χ3n) is 5.09. The van der Waals surface area contributed by atoms with Crippen molar-refractivity contribution in [3.8, 4) is 11.5 Å². The maximum absolute atomic E-state index is 5.43. The standard InChI is InChI=1S/C21H34N4O2.HI/c1-2-22-21(23-11-5-3-6-12-25-13-7-4-8-14-25)24-16-18-9-10-19-20(15-18)27-17-26-19;/h9-10,15H,2-8,11-14,16-17H2,1H3,(H2,22,23,24);1H. The average molecular weight is 502 g/mol. The molecule has 6 nitrogen and oxygen atoms in total. The van der Waals surface area contributed by atoms with Gasteiger partial charge in [0.2, 0.25) is 6.79 Å². The van der Waals surface area contributed by atoms with E-state index < -0.39 is 0 Å². The van der Waals surface area contributed by atoms with Crippen LogP contribution in [0.25, 0.3) is 0 Å².